The van der Waals surface area contributed by atoms with Crippen LogP contribution in [0.3, 0.4) is 0 Å². The van der Waals surface area contributed by atoms with Gasteiger partial charge in [-0.2, -0.15) is 0 Å². The van der Waals surface area contributed by atoms with Gasteiger partial charge in [0.05, 0.1) is 17.2 Å². The van der Waals surface area contributed by atoms with E-state index in [9.17, 15) is 22.0 Å². The second-order valence-electron chi connectivity index (χ2n) is 5.91. The molecule has 7 heteroatoms. The van der Waals surface area contributed by atoms with Gasteiger partial charge in [0, 0.05) is 12.1 Å². The van der Waals surface area contributed by atoms with Crippen molar-refractivity contribution in [1.82, 2.24) is 4.90 Å². The van der Waals surface area contributed by atoms with E-state index in [1.54, 1.807) is 30.3 Å². The van der Waals surface area contributed by atoms with E-state index >= 15 is 0 Å². The van der Waals surface area contributed by atoms with E-state index in [0.29, 0.717) is 12.0 Å². The molecule has 2 aromatic rings. The predicted molar refractivity (Wildman–Crippen MR) is 96.0 cm³/mol. The fourth-order valence-electron chi connectivity index (χ4n) is 2.57. The normalized spacial score (nSPS) is 11.5. The smallest absolute Gasteiger partial charge is 0.255 e. The molecule has 0 fully saturated rings. The van der Waals surface area contributed by atoms with E-state index in [2.05, 4.69) is 0 Å². The molecule has 0 aliphatic carbocycles. The molecule has 0 N–H and O–H groups in total. The maximum Gasteiger partial charge on any atom is 0.255 e. The van der Waals surface area contributed by atoms with Crippen LogP contribution in [0.4, 0.5) is 8.78 Å². The number of nitrogens with zero attached hydrogens (tertiary/aromatic N) is 1. The number of rotatable bonds is 8. The van der Waals surface area contributed by atoms with Gasteiger partial charge in [0.15, 0.2) is 9.84 Å². The number of hydrogen-bond donors (Lipinski definition) is 0. The molecule has 0 spiro atoms. The first-order valence-corrected chi connectivity index (χ1v) is 9.93. The quantitative estimate of drug-likeness (QED) is 0.699. The molecule has 2 rings (SSSR count). The van der Waals surface area contributed by atoms with E-state index in [4.69, 9.17) is 0 Å². The minimum Gasteiger partial charge on any atom is -0.333 e. The zero-order chi connectivity index (χ0) is 19.2. The van der Waals surface area contributed by atoms with Crippen LogP contribution in [0.2, 0.25) is 0 Å². The van der Waals surface area contributed by atoms with E-state index in [1.165, 1.54) is 24.3 Å². The molecule has 0 atom stereocenters. The van der Waals surface area contributed by atoms with Crippen LogP contribution in [0.1, 0.15) is 29.3 Å². The van der Waals surface area contributed by atoms with Gasteiger partial charge in [0.25, 0.3) is 12.3 Å². The van der Waals surface area contributed by atoms with Crippen LogP contribution in [0, 0.1) is 0 Å². The Labute approximate surface area is 152 Å². The average Bonchev–Trinajstić information content (AvgIpc) is 2.61. The highest BCUT2D eigenvalue weighted by atomic mass is 32.2. The first-order chi connectivity index (χ1) is 12.3. The standard InChI is InChI=1S/C19H21F2NO3S/c1-2-12-22(13-18(20)21)19(23)16-10-8-15(9-11-16)14-26(24,25)17-6-4-3-5-7-17/h3-11,18H,2,12-14H2,1H3. The van der Waals surface area contributed by atoms with Gasteiger partial charge in [0.2, 0.25) is 0 Å². The Morgan fingerprint density at radius 1 is 1.04 bits per heavy atom. The summed E-state index contributed by atoms with van der Waals surface area (Å²) in [4.78, 5) is 13.7. The average molecular weight is 381 g/mol. The van der Waals surface area contributed by atoms with Crippen LogP contribution < -0.4 is 0 Å². The summed E-state index contributed by atoms with van der Waals surface area (Å²) in [6, 6.07) is 14.1. The third-order valence-corrected chi connectivity index (χ3v) is 5.50. The maximum atomic E-state index is 12.6. The Hall–Kier alpha value is -2.28. The second kappa shape index (κ2) is 8.89. The number of sulfone groups is 1. The predicted octanol–water partition coefficient (Wildman–Crippen LogP) is 3.78. The molecule has 140 valence electrons. The Morgan fingerprint density at radius 2 is 1.65 bits per heavy atom. The van der Waals surface area contributed by atoms with Crippen LogP contribution >= 0.6 is 0 Å². The molecule has 0 aliphatic rings. The molecule has 0 aliphatic heterocycles. The highest BCUT2D eigenvalue weighted by Crippen LogP contribution is 2.17. The number of amides is 1. The molecule has 0 saturated heterocycles. The van der Waals surface area contributed by atoms with Crippen LogP contribution in [-0.2, 0) is 15.6 Å². The summed E-state index contributed by atoms with van der Waals surface area (Å²) in [6.07, 6.45) is -2.02. The highest BCUT2D eigenvalue weighted by Gasteiger charge is 2.20. The molecule has 0 aromatic heterocycles. The lowest BCUT2D eigenvalue weighted by Gasteiger charge is -2.21. The van der Waals surface area contributed by atoms with Crippen molar-refractivity contribution in [1.29, 1.82) is 0 Å². The lowest BCUT2D eigenvalue weighted by Crippen LogP contribution is -2.35. The van der Waals surface area contributed by atoms with Gasteiger partial charge in [0.1, 0.15) is 0 Å². The summed E-state index contributed by atoms with van der Waals surface area (Å²) in [7, 11) is -3.48. The number of halogens is 2. The van der Waals surface area contributed by atoms with Crippen molar-refractivity contribution >= 4 is 15.7 Å². The third-order valence-electron chi connectivity index (χ3n) is 3.80. The van der Waals surface area contributed by atoms with Crippen molar-refractivity contribution in [3.8, 4) is 0 Å². The summed E-state index contributed by atoms with van der Waals surface area (Å²) < 4.78 is 50.0. The fourth-order valence-corrected chi connectivity index (χ4v) is 3.94. The van der Waals surface area contributed by atoms with Crippen LogP contribution in [0.25, 0.3) is 0 Å². The maximum absolute atomic E-state index is 12.6. The molecule has 0 bridgehead atoms. The van der Waals surface area contributed by atoms with Gasteiger partial charge < -0.3 is 4.90 Å². The van der Waals surface area contributed by atoms with Crippen molar-refractivity contribution in [3.63, 3.8) is 0 Å². The van der Waals surface area contributed by atoms with Crippen LogP contribution in [0.15, 0.2) is 59.5 Å². The lowest BCUT2D eigenvalue weighted by molar-refractivity contribution is 0.0555. The molecule has 0 radical (unpaired) electrons. The lowest BCUT2D eigenvalue weighted by atomic mass is 10.1. The van der Waals surface area contributed by atoms with Gasteiger partial charge in [-0.05, 0) is 36.2 Å². The zero-order valence-corrected chi connectivity index (χ0v) is 15.3. The topological polar surface area (TPSA) is 54.5 Å². The molecule has 0 saturated carbocycles. The third kappa shape index (κ3) is 5.36. The van der Waals surface area contributed by atoms with Crippen molar-refractivity contribution in [2.75, 3.05) is 13.1 Å². The number of hydrogen-bond acceptors (Lipinski definition) is 3. The molecule has 0 heterocycles. The van der Waals surface area contributed by atoms with Crippen LogP contribution in [0.5, 0.6) is 0 Å². The Kier molecular flexibility index (Phi) is 6.85. The summed E-state index contributed by atoms with van der Waals surface area (Å²) >= 11 is 0. The number of alkyl halides is 2. The monoisotopic (exact) mass is 381 g/mol. The summed E-state index contributed by atoms with van der Waals surface area (Å²) in [5.41, 5.74) is 0.793. The number of carbonyl (C=O) groups excluding carboxylic acids is 1. The largest absolute Gasteiger partial charge is 0.333 e. The van der Waals surface area contributed by atoms with Gasteiger partial charge >= 0.3 is 0 Å². The second-order valence-corrected chi connectivity index (χ2v) is 7.90. The molecule has 26 heavy (non-hydrogen) atoms. The van der Waals surface area contributed by atoms with Gasteiger partial charge in [-0.1, -0.05) is 37.3 Å². The van der Waals surface area contributed by atoms with E-state index in [0.717, 1.165) is 4.90 Å². The number of benzene rings is 2. The summed E-state index contributed by atoms with van der Waals surface area (Å²) in [5.74, 6) is -0.675. The molecule has 2 aromatic carbocycles. The minimum absolute atomic E-state index is 0.193. The molecule has 4 nitrogen and oxygen atoms in total. The minimum atomic E-state index is -3.48. The van der Waals surface area contributed by atoms with Crippen molar-refractivity contribution < 1.29 is 22.0 Å². The van der Waals surface area contributed by atoms with Gasteiger partial charge in [-0.25, -0.2) is 17.2 Å². The summed E-state index contributed by atoms with van der Waals surface area (Å²) in [6.45, 7) is 1.44. The first-order valence-electron chi connectivity index (χ1n) is 8.27. The Morgan fingerprint density at radius 3 is 2.19 bits per heavy atom. The van der Waals surface area contributed by atoms with E-state index < -0.39 is 28.7 Å². The Bertz CT molecular complexity index is 822. The fraction of sp³-hybridized carbons (Fsp3) is 0.316. The zero-order valence-electron chi connectivity index (χ0n) is 14.4. The van der Waals surface area contributed by atoms with Crippen molar-refractivity contribution in [2.24, 2.45) is 0 Å². The Balaban J connectivity index is 2.13. The number of carbonyl (C=O) groups is 1. The van der Waals surface area contributed by atoms with E-state index in [1.807, 2.05) is 6.92 Å². The SMILES string of the molecule is CCCN(CC(F)F)C(=O)c1ccc(CS(=O)(=O)c2ccccc2)cc1. The van der Waals surface area contributed by atoms with Crippen LogP contribution in [-0.4, -0.2) is 38.7 Å². The highest BCUT2D eigenvalue weighted by molar-refractivity contribution is 7.90. The molecule has 0 unspecified atom stereocenters. The van der Waals surface area contributed by atoms with Gasteiger partial charge in [-0.3, -0.25) is 4.79 Å². The van der Waals surface area contributed by atoms with Gasteiger partial charge in [-0.15, -0.1) is 0 Å². The molecule has 1 amide bonds. The summed E-state index contributed by atoms with van der Waals surface area (Å²) in [5, 5.41) is 0. The van der Waals surface area contributed by atoms with Crippen molar-refractivity contribution in [2.45, 2.75) is 30.4 Å². The van der Waals surface area contributed by atoms with E-state index in [-0.39, 0.29) is 22.8 Å². The molecular formula is C19H21F2NO3S. The molecular weight excluding hydrogens is 360 g/mol. The van der Waals surface area contributed by atoms with Crippen molar-refractivity contribution in [3.05, 3.63) is 65.7 Å². The first kappa shape index (κ1) is 20.0.